The van der Waals surface area contributed by atoms with Crippen LogP contribution in [0.1, 0.15) is 19.5 Å². The van der Waals surface area contributed by atoms with Gasteiger partial charge in [-0.15, -0.1) is 0 Å². The first-order chi connectivity index (χ1) is 6.97. The van der Waals surface area contributed by atoms with E-state index in [0.29, 0.717) is 11.8 Å². The summed E-state index contributed by atoms with van der Waals surface area (Å²) in [5, 5.41) is 1.79. The van der Waals surface area contributed by atoms with Crippen molar-refractivity contribution in [3.05, 3.63) is 11.8 Å². The van der Waals surface area contributed by atoms with Gasteiger partial charge in [0.25, 0.3) is 0 Å². The minimum Gasteiger partial charge on any atom is -0.475 e. The topological polar surface area (TPSA) is 50.3 Å². The fourth-order valence-electron chi connectivity index (χ4n) is 1.09. The van der Waals surface area contributed by atoms with Crippen molar-refractivity contribution in [3.8, 4) is 5.88 Å². The molecule has 0 unspecified atom stereocenters. The second-order valence-electron chi connectivity index (χ2n) is 3.84. The first-order valence-electron chi connectivity index (χ1n) is 4.93. The zero-order valence-electron chi connectivity index (χ0n) is 9.90. The molecule has 5 nitrogen and oxygen atoms in total. The molecule has 15 heavy (non-hydrogen) atoms. The Bertz CT molecular complexity index is 297. The van der Waals surface area contributed by atoms with Crippen molar-refractivity contribution in [2.45, 2.75) is 26.9 Å². The molecule has 0 spiro atoms. The number of ether oxygens (including phenoxy) is 1. The Balaban J connectivity index is 2.84. The third kappa shape index (κ3) is 4.12. The van der Waals surface area contributed by atoms with Crippen molar-refractivity contribution in [2.75, 3.05) is 19.5 Å². The Kier molecular flexibility index (Phi) is 3.85. The average molecular weight is 210 g/mol. The minimum absolute atomic E-state index is 0.117. The number of anilines is 1. The van der Waals surface area contributed by atoms with E-state index < -0.39 is 0 Å². The molecule has 1 aromatic heterocycles. The third-order valence-corrected chi connectivity index (χ3v) is 1.51. The predicted octanol–water partition coefficient (Wildman–Crippen LogP) is 1.46. The first kappa shape index (κ1) is 11.7. The normalized spacial score (nSPS) is 10.9. The van der Waals surface area contributed by atoms with Crippen LogP contribution < -0.4 is 10.2 Å². The Labute approximate surface area is 90.5 Å². The van der Waals surface area contributed by atoms with E-state index in [2.05, 4.69) is 15.4 Å². The molecule has 5 heteroatoms. The molecule has 1 heterocycles. The molecule has 0 bridgehead atoms. The highest BCUT2D eigenvalue weighted by Gasteiger charge is 2.04. The minimum atomic E-state index is 0.117. The number of nitrogens with zero attached hydrogens (tertiary/aromatic N) is 3. The van der Waals surface area contributed by atoms with Crippen LogP contribution in [0.25, 0.3) is 0 Å². The van der Waals surface area contributed by atoms with Crippen molar-refractivity contribution in [1.29, 1.82) is 0 Å². The fourth-order valence-corrected chi connectivity index (χ4v) is 1.09. The summed E-state index contributed by atoms with van der Waals surface area (Å²) < 4.78 is 5.51. The molecule has 84 valence electrons. The second-order valence-corrected chi connectivity index (χ2v) is 3.84. The highest BCUT2D eigenvalue weighted by molar-refractivity contribution is 5.29. The molecule has 0 aliphatic carbocycles. The van der Waals surface area contributed by atoms with Crippen LogP contribution in [0, 0.1) is 6.92 Å². The number of nitrogens with one attached hydrogen (secondary N) is 1. The smallest absolute Gasteiger partial charge is 0.241 e. The van der Waals surface area contributed by atoms with Gasteiger partial charge < -0.3 is 4.74 Å². The number of hydrazine groups is 1. The lowest BCUT2D eigenvalue weighted by Crippen LogP contribution is -2.21. The van der Waals surface area contributed by atoms with Gasteiger partial charge in [0.2, 0.25) is 11.8 Å². The number of hydrogen-bond acceptors (Lipinski definition) is 5. The maximum absolute atomic E-state index is 5.51. The first-order valence-corrected chi connectivity index (χ1v) is 4.93. The van der Waals surface area contributed by atoms with E-state index in [1.807, 2.05) is 40.9 Å². The van der Waals surface area contributed by atoms with Crippen LogP contribution in [-0.4, -0.2) is 35.2 Å². The Morgan fingerprint density at radius 1 is 1.33 bits per heavy atom. The highest BCUT2D eigenvalue weighted by Crippen LogP contribution is 2.13. The average Bonchev–Trinajstić information content (AvgIpc) is 1.98. The number of hydrogen-bond donors (Lipinski definition) is 1. The van der Waals surface area contributed by atoms with Crippen molar-refractivity contribution in [1.82, 2.24) is 15.0 Å². The molecule has 0 aliphatic rings. The number of aromatic nitrogens is 2. The van der Waals surface area contributed by atoms with Crippen molar-refractivity contribution < 1.29 is 4.74 Å². The maximum Gasteiger partial charge on any atom is 0.241 e. The van der Waals surface area contributed by atoms with E-state index in [9.17, 15) is 0 Å². The van der Waals surface area contributed by atoms with Gasteiger partial charge in [0, 0.05) is 25.9 Å². The lowest BCUT2D eigenvalue weighted by molar-refractivity contribution is 0.232. The molecule has 0 aromatic carbocycles. The van der Waals surface area contributed by atoms with Gasteiger partial charge in [-0.3, -0.25) is 5.43 Å². The van der Waals surface area contributed by atoms with Gasteiger partial charge in [0.1, 0.15) is 0 Å². The van der Waals surface area contributed by atoms with Crippen LogP contribution in [0.15, 0.2) is 6.07 Å². The monoisotopic (exact) mass is 210 g/mol. The van der Waals surface area contributed by atoms with Gasteiger partial charge in [0.05, 0.1) is 6.10 Å². The van der Waals surface area contributed by atoms with Crippen LogP contribution in [0.5, 0.6) is 5.88 Å². The molecule has 0 amide bonds. The molecule has 0 saturated heterocycles. The number of aryl methyl sites for hydroxylation is 1. The zero-order valence-corrected chi connectivity index (χ0v) is 9.90. The molecule has 0 radical (unpaired) electrons. The van der Waals surface area contributed by atoms with E-state index in [0.717, 1.165) is 5.69 Å². The van der Waals surface area contributed by atoms with Crippen LogP contribution >= 0.6 is 0 Å². The quantitative estimate of drug-likeness (QED) is 0.762. The molecule has 0 saturated carbocycles. The zero-order chi connectivity index (χ0) is 11.4. The highest BCUT2D eigenvalue weighted by atomic mass is 16.5. The van der Waals surface area contributed by atoms with E-state index in [1.165, 1.54) is 0 Å². The summed E-state index contributed by atoms with van der Waals surface area (Å²) in [6.07, 6.45) is 0.117. The van der Waals surface area contributed by atoms with Gasteiger partial charge >= 0.3 is 0 Å². The summed E-state index contributed by atoms with van der Waals surface area (Å²) in [5.41, 5.74) is 3.87. The largest absolute Gasteiger partial charge is 0.475 e. The SMILES string of the molecule is Cc1cc(OC(C)C)nc(NN(C)C)n1. The predicted molar refractivity (Wildman–Crippen MR) is 59.8 cm³/mol. The van der Waals surface area contributed by atoms with E-state index >= 15 is 0 Å². The summed E-state index contributed by atoms with van der Waals surface area (Å²) in [4.78, 5) is 8.47. The van der Waals surface area contributed by atoms with Crippen LogP contribution in [0.3, 0.4) is 0 Å². The van der Waals surface area contributed by atoms with E-state index in [1.54, 1.807) is 5.01 Å². The van der Waals surface area contributed by atoms with Crippen LogP contribution in [0.4, 0.5) is 5.95 Å². The second kappa shape index (κ2) is 4.93. The summed E-state index contributed by atoms with van der Waals surface area (Å²) in [5.74, 6) is 1.15. The van der Waals surface area contributed by atoms with Gasteiger partial charge in [0.15, 0.2) is 0 Å². The summed E-state index contributed by atoms with van der Waals surface area (Å²) in [6.45, 7) is 5.85. The standard InChI is InChI=1S/C10H18N4O/c1-7(2)15-9-6-8(3)11-10(12-9)13-14(4)5/h6-7H,1-5H3,(H,11,12,13). The summed E-state index contributed by atoms with van der Waals surface area (Å²) in [7, 11) is 3.77. The van der Waals surface area contributed by atoms with Crippen LogP contribution in [-0.2, 0) is 0 Å². The molecular weight excluding hydrogens is 192 g/mol. The van der Waals surface area contributed by atoms with Crippen molar-refractivity contribution in [2.24, 2.45) is 0 Å². The maximum atomic E-state index is 5.51. The Hall–Kier alpha value is -1.36. The van der Waals surface area contributed by atoms with Gasteiger partial charge in [-0.2, -0.15) is 4.98 Å². The third-order valence-electron chi connectivity index (χ3n) is 1.51. The van der Waals surface area contributed by atoms with Gasteiger partial charge in [-0.1, -0.05) is 0 Å². The van der Waals surface area contributed by atoms with Crippen molar-refractivity contribution >= 4 is 5.95 Å². The molecule has 0 atom stereocenters. The number of rotatable bonds is 4. The lowest BCUT2D eigenvalue weighted by atomic mass is 10.4. The molecule has 0 fully saturated rings. The van der Waals surface area contributed by atoms with Crippen LogP contribution in [0.2, 0.25) is 0 Å². The Morgan fingerprint density at radius 3 is 2.53 bits per heavy atom. The van der Waals surface area contributed by atoms with Gasteiger partial charge in [-0.05, 0) is 20.8 Å². The molecule has 1 rings (SSSR count). The molecule has 0 aliphatic heterocycles. The van der Waals surface area contributed by atoms with Crippen molar-refractivity contribution in [3.63, 3.8) is 0 Å². The molecular formula is C10H18N4O. The van der Waals surface area contributed by atoms with E-state index in [4.69, 9.17) is 4.74 Å². The lowest BCUT2D eigenvalue weighted by Gasteiger charge is -2.14. The molecule has 1 N–H and O–H groups in total. The summed E-state index contributed by atoms with van der Waals surface area (Å²) in [6, 6.07) is 1.82. The fraction of sp³-hybridized carbons (Fsp3) is 0.600. The molecule has 1 aromatic rings. The van der Waals surface area contributed by atoms with Gasteiger partial charge in [-0.25, -0.2) is 9.99 Å². The summed E-state index contributed by atoms with van der Waals surface area (Å²) >= 11 is 0. The van der Waals surface area contributed by atoms with E-state index in [-0.39, 0.29) is 6.10 Å². The Morgan fingerprint density at radius 2 is 2.00 bits per heavy atom.